The van der Waals surface area contributed by atoms with E-state index < -0.39 is 9.84 Å². The van der Waals surface area contributed by atoms with Crippen molar-refractivity contribution in [3.8, 4) is 5.75 Å². The van der Waals surface area contributed by atoms with Crippen LogP contribution in [0.4, 0.5) is 0 Å². The van der Waals surface area contributed by atoms with Gasteiger partial charge in [-0.2, -0.15) is 0 Å². The second-order valence-electron chi connectivity index (χ2n) is 5.92. The van der Waals surface area contributed by atoms with Gasteiger partial charge >= 0.3 is 0 Å². The van der Waals surface area contributed by atoms with E-state index in [1.165, 1.54) is 6.26 Å². The molecule has 1 aliphatic rings. The maximum absolute atomic E-state index is 11.9. The van der Waals surface area contributed by atoms with E-state index in [-0.39, 0.29) is 10.1 Å². The number of aromatic hydroxyl groups is 1. The first-order chi connectivity index (χ1) is 10.9. The van der Waals surface area contributed by atoms with Crippen LogP contribution in [0.5, 0.6) is 5.75 Å². The van der Waals surface area contributed by atoms with E-state index in [2.05, 4.69) is 14.5 Å². The van der Waals surface area contributed by atoms with E-state index in [1.54, 1.807) is 12.1 Å². The lowest BCUT2D eigenvalue weighted by Crippen LogP contribution is -2.34. The van der Waals surface area contributed by atoms with Crippen LogP contribution in [0.25, 0.3) is 0 Å². The Labute approximate surface area is 139 Å². The molecule has 1 fully saturated rings. The predicted octanol–water partition coefficient (Wildman–Crippen LogP) is 2.03. The molecule has 2 heterocycles. The second kappa shape index (κ2) is 6.54. The Hall–Kier alpha value is -1.51. The molecule has 0 amide bonds. The molecule has 0 radical (unpaired) electrons. The molecule has 124 valence electrons. The summed E-state index contributed by atoms with van der Waals surface area (Å²) in [6.45, 7) is 2.30. The van der Waals surface area contributed by atoms with Gasteiger partial charge in [-0.25, -0.2) is 8.42 Å². The van der Waals surface area contributed by atoms with E-state index in [1.807, 2.05) is 12.1 Å². The van der Waals surface area contributed by atoms with Gasteiger partial charge in [0, 0.05) is 42.4 Å². The number of nitrogens with zero attached hydrogens (tertiary/aromatic N) is 3. The van der Waals surface area contributed by atoms with Crippen LogP contribution >= 0.6 is 11.5 Å². The summed E-state index contributed by atoms with van der Waals surface area (Å²) < 4.78 is 27.8. The molecule has 0 saturated carbocycles. The maximum Gasteiger partial charge on any atom is 0.188 e. The van der Waals surface area contributed by atoms with Crippen molar-refractivity contribution in [3.63, 3.8) is 0 Å². The van der Waals surface area contributed by atoms with E-state index in [0.29, 0.717) is 18.0 Å². The third kappa shape index (κ3) is 3.70. The quantitative estimate of drug-likeness (QED) is 0.905. The number of benzene rings is 1. The molecule has 1 N–H and O–H groups in total. The number of hydrogen-bond acceptors (Lipinski definition) is 7. The summed E-state index contributed by atoms with van der Waals surface area (Å²) in [6, 6.07) is 7.30. The lowest BCUT2D eigenvalue weighted by molar-refractivity contribution is 0.195. The molecule has 23 heavy (non-hydrogen) atoms. The van der Waals surface area contributed by atoms with Crippen LogP contribution in [-0.2, 0) is 16.4 Å². The van der Waals surface area contributed by atoms with Crippen molar-refractivity contribution in [1.82, 2.24) is 14.5 Å². The van der Waals surface area contributed by atoms with Crippen molar-refractivity contribution in [2.75, 3.05) is 19.3 Å². The van der Waals surface area contributed by atoms with Crippen molar-refractivity contribution in [3.05, 3.63) is 35.5 Å². The van der Waals surface area contributed by atoms with E-state index in [0.717, 1.165) is 43.0 Å². The van der Waals surface area contributed by atoms with Gasteiger partial charge < -0.3 is 5.11 Å². The van der Waals surface area contributed by atoms with Crippen LogP contribution in [0, 0.1) is 0 Å². The van der Waals surface area contributed by atoms with Crippen LogP contribution in [0.1, 0.15) is 30.0 Å². The number of phenols is 1. The summed E-state index contributed by atoms with van der Waals surface area (Å²) in [5, 5.41) is 14.0. The average molecular weight is 353 g/mol. The molecular formula is C15H19N3O3S2. The van der Waals surface area contributed by atoms with Crippen molar-refractivity contribution < 1.29 is 13.5 Å². The zero-order chi connectivity index (χ0) is 16.4. The maximum atomic E-state index is 11.9. The van der Waals surface area contributed by atoms with Gasteiger partial charge in [0.1, 0.15) is 5.75 Å². The Bertz CT molecular complexity index is 789. The third-order valence-corrected chi connectivity index (χ3v) is 6.65. The molecule has 1 aliphatic heterocycles. The normalized spacial score (nSPS) is 19.8. The van der Waals surface area contributed by atoms with Gasteiger partial charge in [-0.15, -0.1) is 5.10 Å². The van der Waals surface area contributed by atoms with Crippen LogP contribution < -0.4 is 0 Å². The lowest BCUT2D eigenvalue weighted by Gasteiger charge is -2.32. The molecule has 6 nitrogen and oxygen atoms in total. The largest absolute Gasteiger partial charge is 0.508 e. The fourth-order valence-corrected chi connectivity index (χ4v) is 4.74. The first-order valence-corrected chi connectivity index (χ1v) is 10.1. The van der Waals surface area contributed by atoms with Crippen molar-refractivity contribution in [2.24, 2.45) is 0 Å². The van der Waals surface area contributed by atoms with Gasteiger partial charge in [-0.1, -0.05) is 22.7 Å². The molecule has 0 bridgehead atoms. The minimum atomic E-state index is -3.29. The first-order valence-electron chi connectivity index (χ1n) is 7.46. The minimum absolute atomic E-state index is 0.0677. The standard InChI is InChI=1S/C15H19N3O3S2/c1-23(20,21)15-14(16-17-22-15)12-6-4-8-18(10-12)9-11-5-2-3-7-13(11)19/h2-3,5,7,12,19H,4,6,8-10H2,1H3/t12-/m1/s1. The molecule has 1 aromatic heterocycles. The Balaban J connectivity index is 1.77. The number of sulfone groups is 1. The van der Waals surface area contributed by atoms with E-state index >= 15 is 0 Å². The molecule has 1 aromatic carbocycles. The molecular weight excluding hydrogens is 334 g/mol. The van der Waals surface area contributed by atoms with Crippen LogP contribution in [-0.4, -0.2) is 47.4 Å². The number of phenolic OH excluding ortho intramolecular Hbond substituents is 1. The molecule has 0 unspecified atom stereocenters. The summed E-state index contributed by atoms with van der Waals surface area (Å²) in [7, 11) is -3.29. The Morgan fingerprint density at radius 1 is 1.39 bits per heavy atom. The third-order valence-electron chi connectivity index (χ3n) is 4.10. The first kappa shape index (κ1) is 16.4. The van der Waals surface area contributed by atoms with E-state index in [9.17, 15) is 13.5 Å². The predicted molar refractivity (Wildman–Crippen MR) is 88.4 cm³/mol. The zero-order valence-electron chi connectivity index (χ0n) is 12.8. The number of likely N-dealkylation sites (tertiary alicyclic amines) is 1. The second-order valence-corrected chi connectivity index (χ2v) is 8.89. The Morgan fingerprint density at radius 2 is 2.17 bits per heavy atom. The summed E-state index contributed by atoms with van der Waals surface area (Å²) in [4.78, 5) is 2.23. The van der Waals surface area contributed by atoms with Gasteiger partial charge in [0.15, 0.2) is 14.0 Å². The smallest absolute Gasteiger partial charge is 0.188 e. The highest BCUT2D eigenvalue weighted by Crippen LogP contribution is 2.32. The number of aromatic nitrogens is 2. The van der Waals surface area contributed by atoms with Gasteiger partial charge in [0.25, 0.3) is 0 Å². The monoisotopic (exact) mass is 353 g/mol. The highest BCUT2D eigenvalue weighted by atomic mass is 32.2. The Morgan fingerprint density at radius 3 is 2.91 bits per heavy atom. The molecule has 2 aromatic rings. The topological polar surface area (TPSA) is 83.4 Å². The lowest BCUT2D eigenvalue weighted by atomic mass is 9.95. The van der Waals surface area contributed by atoms with Gasteiger partial charge in [0.2, 0.25) is 0 Å². The number of rotatable bonds is 4. The number of piperidine rings is 1. The van der Waals surface area contributed by atoms with Crippen molar-refractivity contribution >= 4 is 21.4 Å². The summed E-state index contributed by atoms with van der Waals surface area (Å²) in [5.74, 6) is 0.361. The summed E-state index contributed by atoms with van der Waals surface area (Å²) in [5.41, 5.74) is 1.48. The molecule has 1 saturated heterocycles. The van der Waals surface area contributed by atoms with Crippen molar-refractivity contribution in [1.29, 1.82) is 0 Å². The van der Waals surface area contributed by atoms with Crippen LogP contribution in [0.2, 0.25) is 0 Å². The van der Waals surface area contributed by atoms with E-state index in [4.69, 9.17) is 0 Å². The highest BCUT2D eigenvalue weighted by Gasteiger charge is 2.29. The van der Waals surface area contributed by atoms with Gasteiger partial charge in [-0.3, -0.25) is 4.90 Å². The fraction of sp³-hybridized carbons (Fsp3) is 0.467. The number of para-hydroxylation sites is 1. The molecule has 3 rings (SSSR count). The zero-order valence-corrected chi connectivity index (χ0v) is 14.5. The highest BCUT2D eigenvalue weighted by molar-refractivity contribution is 7.92. The Kier molecular flexibility index (Phi) is 4.65. The van der Waals surface area contributed by atoms with Crippen molar-refractivity contribution in [2.45, 2.75) is 29.5 Å². The van der Waals surface area contributed by atoms with Crippen LogP contribution in [0.15, 0.2) is 28.5 Å². The molecule has 0 spiro atoms. The molecule has 8 heteroatoms. The number of hydrogen-bond donors (Lipinski definition) is 1. The SMILES string of the molecule is CS(=O)(=O)c1snnc1[C@@H]1CCCN(Cc2ccccc2O)C1. The summed E-state index contributed by atoms with van der Waals surface area (Å²) in [6.07, 6.45) is 3.08. The van der Waals surface area contributed by atoms with Crippen LogP contribution in [0.3, 0.4) is 0 Å². The minimum Gasteiger partial charge on any atom is -0.508 e. The molecule has 0 aliphatic carbocycles. The van der Waals surface area contributed by atoms with Gasteiger partial charge in [-0.05, 0) is 25.5 Å². The average Bonchev–Trinajstić information content (AvgIpc) is 3.00. The fourth-order valence-electron chi connectivity index (χ4n) is 3.00. The molecule has 1 atom stereocenters. The summed E-state index contributed by atoms with van der Waals surface area (Å²) >= 11 is 0.950. The van der Waals surface area contributed by atoms with Gasteiger partial charge in [0.05, 0.1) is 5.69 Å².